The van der Waals surface area contributed by atoms with Crippen LogP contribution in [0.1, 0.15) is 6.92 Å². The predicted molar refractivity (Wildman–Crippen MR) is 35.3 cm³/mol. The Kier molecular flexibility index (Phi) is 2.02. The van der Waals surface area contributed by atoms with Crippen LogP contribution in [0.2, 0.25) is 0 Å². The van der Waals surface area contributed by atoms with Crippen molar-refractivity contribution in [1.29, 1.82) is 0 Å². The first-order valence-electron chi connectivity index (χ1n) is 2.88. The first-order valence-corrected chi connectivity index (χ1v) is 4.27. The normalized spacial score (nSPS) is 39.6. The molecule has 0 aliphatic carbocycles. The van der Waals surface area contributed by atoms with E-state index in [0.29, 0.717) is 5.25 Å². The van der Waals surface area contributed by atoms with Crippen LogP contribution >= 0.6 is 0 Å². The van der Waals surface area contributed by atoms with Crippen molar-refractivity contribution in [3.05, 3.63) is 0 Å². The number of rotatable bonds is 0. The number of hydrogen-bond donors (Lipinski definition) is 1. The van der Waals surface area contributed by atoms with Crippen molar-refractivity contribution < 1.29 is 4.21 Å². The fourth-order valence-electron chi connectivity index (χ4n) is 0.772. The van der Waals surface area contributed by atoms with Gasteiger partial charge in [-0.25, -0.2) is 0 Å². The van der Waals surface area contributed by atoms with Crippen LogP contribution in [-0.2, 0) is 10.8 Å². The maximum atomic E-state index is 10.9. The lowest BCUT2D eigenvalue weighted by Gasteiger charge is -2.17. The standard InChI is InChI=1S/C5H11NOS/c1-5-4-6-2-3-8(5)7/h5-6H,2-4H2,1H3/t5-,8?/m1/s1. The van der Waals surface area contributed by atoms with Crippen LogP contribution in [0.25, 0.3) is 0 Å². The Morgan fingerprint density at radius 1 is 1.75 bits per heavy atom. The maximum Gasteiger partial charge on any atom is 0.0444 e. The molecule has 1 N–H and O–H groups in total. The van der Waals surface area contributed by atoms with Crippen molar-refractivity contribution in [3.63, 3.8) is 0 Å². The molecule has 0 bridgehead atoms. The summed E-state index contributed by atoms with van der Waals surface area (Å²) in [5.41, 5.74) is 0. The van der Waals surface area contributed by atoms with Gasteiger partial charge in [0.25, 0.3) is 0 Å². The molecule has 0 saturated carbocycles. The van der Waals surface area contributed by atoms with E-state index in [1.165, 1.54) is 0 Å². The summed E-state index contributed by atoms with van der Waals surface area (Å²) >= 11 is 0. The minimum atomic E-state index is -0.547. The lowest BCUT2D eigenvalue weighted by molar-refractivity contribution is 0.628. The Bertz CT molecular complexity index is 105. The fourth-order valence-corrected chi connectivity index (χ4v) is 1.82. The van der Waals surface area contributed by atoms with Crippen LogP contribution in [0.15, 0.2) is 0 Å². The highest BCUT2D eigenvalue weighted by molar-refractivity contribution is 7.85. The van der Waals surface area contributed by atoms with Crippen molar-refractivity contribution in [2.24, 2.45) is 0 Å². The van der Waals surface area contributed by atoms with E-state index < -0.39 is 10.8 Å². The van der Waals surface area contributed by atoms with Gasteiger partial charge in [-0.3, -0.25) is 4.21 Å². The minimum Gasteiger partial charge on any atom is -0.315 e. The van der Waals surface area contributed by atoms with Crippen LogP contribution < -0.4 is 5.32 Å². The van der Waals surface area contributed by atoms with E-state index in [9.17, 15) is 4.21 Å². The quantitative estimate of drug-likeness (QED) is 0.493. The second-order valence-corrected chi connectivity index (χ2v) is 4.07. The fraction of sp³-hybridized carbons (Fsp3) is 1.00. The van der Waals surface area contributed by atoms with Crippen molar-refractivity contribution in [1.82, 2.24) is 5.32 Å². The molecule has 0 aromatic heterocycles. The van der Waals surface area contributed by atoms with Gasteiger partial charge in [0.2, 0.25) is 0 Å². The zero-order chi connectivity index (χ0) is 5.98. The average Bonchev–Trinajstić information content (AvgIpc) is 1.77. The van der Waals surface area contributed by atoms with Crippen molar-refractivity contribution in [3.8, 4) is 0 Å². The summed E-state index contributed by atoms with van der Waals surface area (Å²) in [7, 11) is -0.547. The third-order valence-corrected chi connectivity index (χ3v) is 3.03. The second-order valence-electron chi connectivity index (χ2n) is 2.10. The first-order chi connectivity index (χ1) is 3.80. The molecule has 0 radical (unpaired) electrons. The summed E-state index contributed by atoms with van der Waals surface area (Å²) in [6, 6.07) is 0. The van der Waals surface area contributed by atoms with Crippen LogP contribution in [0.5, 0.6) is 0 Å². The first kappa shape index (κ1) is 6.23. The van der Waals surface area contributed by atoms with E-state index in [1.54, 1.807) is 0 Å². The summed E-state index contributed by atoms with van der Waals surface area (Å²) in [5.74, 6) is 0.834. The largest absolute Gasteiger partial charge is 0.315 e. The third-order valence-electron chi connectivity index (χ3n) is 1.36. The van der Waals surface area contributed by atoms with Gasteiger partial charge in [-0.05, 0) is 6.92 Å². The molecule has 1 fully saturated rings. The summed E-state index contributed by atoms with van der Waals surface area (Å²) < 4.78 is 10.9. The van der Waals surface area contributed by atoms with E-state index in [1.807, 2.05) is 6.92 Å². The molecule has 2 nitrogen and oxygen atoms in total. The zero-order valence-electron chi connectivity index (χ0n) is 5.02. The van der Waals surface area contributed by atoms with Crippen molar-refractivity contribution in [2.45, 2.75) is 12.2 Å². The van der Waals surface area contributed by atoms with Gasteiger partial charge in [-0.15, -0.1) is 0 Å². The number of hydrogen-bond acceptors (Lipinski definition) is 2. The van der Waals surface area contributed by atoms with E-state index >= 15 is 0 Å². The van der Waals surface area contributed by atoms with Gasteiger partial charge in [0.15, 0.2) is 0 Å². The lowest BCUT2D eigenvalue weighted by Crippen LogP contribution is -2.38. The van der Waals surface area contributed by atoms with Gasteiger partial charge in [0, 0.05) is 34.9 Å². The van der Waals surface area contributed by atoms with Gasteiger partial charge >= 0.3 is 0 Å². The molecule has 1 rings (SSSR count). The molecule has 1 unspecified atom stereocenters. The highest BCUT2D eigenvalue weighted by Crippen LogP contribution is 1.97. The molecule has 2 atom stereocenters. The SMILES string of the molecule is C[C@@H]1CNCCS1=O. The lowest BCUT2D eigenvalue weighted by atomic mass is 10.4. The van der Waals surface area contributed by atoms with E-state index in [2.05, 4.69) is 5.32 Å². The minimum absolute atomic E-state index is 0.365. The van der Waals surface area contributed by atoms with E-state index in [-0.39, 0.29) is 0 Å². The Hall–Kier alpha value is 0.110. The third kappa shape index (κ3) is 1.29. The van der Waals surface area contributed by atoms with Gasteiger partial charge in [0.05, 0.1) is 0 Å². The molecular formula is C5H11NOS. The Labute approximate surface area is 52.1 Å². The van der Waals surface area contributed by atoms with E-state index in [0.717, 1.165) is 18.8 Å². The summed E-state index contributed by atoms with van der Waals surface area (Å²) in [5, 5.41) is 3.54. The Morgan fingerprint density at radius 3 is 2.88 bits per heavy atom. The molecule has 0 amide bonds. The highest BCUT2D eigenvalue weighted by Gasteiger charge is 2.13. The maximum absolute atomic E-state index is 10.9. The molecule has 1 aliphatic rings. The van der Waals surface area contributed by atoms with Crippen LogP contribution in [0, 0.1) is 0 Å². The molecule has 48 valence electrons. The average molecular weight is 133 g/mol. The van der Waals surface area contributed by atoms with Crippen LogP contribution in [-0.4, -0.2) is 28.3 Å². The molecule has 0 aromatic carbocycles. The number of nitrogens with one attached hydrogen (secondary N) is 1. The van der Waals surface area contributed by atoms with Crippen LogP contribution in [0.3, 0.4) is 0 Å². The molecular weight excluding hydrogens is 122 g/mol. The smallest absolute Gasteiger partial charge is 0.0444 e. The van der Waals surface area contributed by atoms with Gasteiger partial charge in [0.1, 0.15) is 0 Å². The molecule has 1 saturated heterocycles. The second kappa shape index (κ2) is 2.60. The molecule has 8 heavy (non-hydrogen) atoms. The van der Waals surface area contributed by atoms with Crippen LogP contribution in [0.4, 0.5) is 0 Å². The summed E-state index contributed by atoms with van der Waals surface area (Å²) in [4.78, 5) is 0. The molecule has 1 aliphatic heterocycles. The molecule has 3 heteroatoms. The van der Waals surface area contributed by atoms with Crippen molar-refractivity contribution >= 4 is 10.8 Å². The van der Waals surface area contributed by atoms with Gasteiger partial charge in [-0.1, -0.05) is 0 Å². The molecule has 0 aromatic rings. The molecule has 0 spiro atoms. The summed E-state index contributed by atoms with van der Waals surface area (Å²) in [6.07, 6.45) is 0. The highest BCUT2D eigenvalue weighted by atomic mass is 32.2. The Balaban J connectivity index is 2.39. The van der Waals surface area contributed by atoms with Crippen molar-refractivity contribution in [2.75, 3.05) is 18.8 Å². The van der Waals surface area contributed by atoms with Gasteiger partial charge in [-0.2, -0.15) is 0 Å². The topological polar surface area (TPSA) is 29.1 Å². The zero-order valence-corrected chi connectivity index (χ0v) is 5.83. The molecule has 1 heterocycles. The monoisotopic (exact) mass is 133 g/mol. The van der Waals surface area contributed by atoms with Gasteiger partial charge < -0.3 is 5.32 Å². The van der Waals surface area contributed by atoms with E-state index in [4.69, 9.17) is 0 Å². The Morgan fingerprint density at radius 2 is 2.50 bits per heavy atom. The summed E-state index contributed by atoms with van der Waals surface area (Å²) in [6.45, 7) is 3.87. The predicted octanol–water partition coefficient (Wildman–Crippen LogP) is -0.273.